The fraction of sp³-hybridized carbons (Fsp3) is 0.200. The van der Waals surface area contributed by atoms with Crippen molar-refractivity contribution in [2.45, 2.75) is 6.42 Å². The molecule has 2 aromatic carbocycles. The molecule has 0 radical (unpaired) electrons. The molecule has 0 saturated carbocycles. The molecule has 6 heteroatoms. The van der Waals surface area contributed by atoms with Gasteiger partial charge in [-0.05, 0) is 36.4 Å². The van der Waals surface area contributed by atoms with Crippen molar-refractivity contribution in [3.63, 3.8) is 0 Å². The molecule has 0 aliphatic carbocycles. The lowest BCUT2D eigenvalue weighted by molar-refractivity contribution is 0.0953. The molecule has 26 heavy (non-hydrogen) atoms. The van der Waals surface area contributed by atoms with Gasteiger partial charge < -0.3 is 14.8 Å². The second kappa shape index (κ2) is 8.20. The quantitative estimate of drug-likeness (QED) is 0.711. The van der Waals surface area contributed by atoms with E-state index in [-0.39, 0.29) is 5.91 Å². The molecule has 1 amide bonds. The van der Waals surface area contributed by atoms with E-state index in [2.05, 4.69) is 10.4 Å². The molecule has 0 fully saturated rings. The fourth-order valence-corrected chi connectivity index (χ4v) is 2.60. The van der Waals surface area contributed by atoms with E-state index >= 15 is 0 Å². The van der Waals surface area contributed by atoms with Crippen LogP contribution in [0.15, 0.2) is 60.8 Å². The van der Waals surface area contributed by atoms with Crippen molar-refractivity contribution in [3.8, 4) is 17.2 Å². The highest BCUT2D eigenvalue weighted by molar-refractivity contribution is 5.94. The first-order valence-corrected chi connectivity index (χ1v) is 8.31. The molecule has 0 aliphatic rings. The molecule has 3 aromatic rings. The molecule has 1 heterocycles. The van der Waals surface area contributed by atoms with Gasteiger partial charge in [-0.25, -0.2) is 4.68 Å². The van der Waals surface area contributed by atoms with E-state index in [1.54, 1.807) is 32.4 Å². The molecule has 0 saturated heterocycles. The molecule has 134 valence electrons. The number of hydrogen-bond donors (Lipinski definition) is 1. The van der Waals surface area contributed by atoms with E-state index in [9.17, 15) is 4.79 Å². The van der Waals surface area contributed by atoms with Gasteiger partial charge in [-0.3, -0.25) is 4.79 Å². The summed E-state index contributed by atoms with van der Waals surface area (Å²) in [6.07, 6.45) is 2.57. The van der Waals surface area contributed by atoms with Crippen LogP contribution in [0.2, 0.25) is 0 Å². The number of carbonyl (C=O) groups is 1. The summed E-state index contributed by atoms with van der Waals surface area (Å²) in [6, 6.07) is 17.0. The van der Waals surface area contributed by atoms with Gasteiger partial charge in [-0.2, -0.15) is 5.10 Å². The van der Waals surface area contributed by atoms with Crippen LogP contribution >= 0.6 is 0 Å². The number of ether oxygens (including phenoxy) is 2. The summed E-state index contributed by atoms with van der Waals surface area (Å²) < 4.78 is 12.2. The van der Waals surface area contributed by atoms with E-state index in [1.807, 2.05) is 47.3 Å². The largest absolute Gasteiger partial charge is 0.493 e. The number of nitrogens with zero attached hydrogens (tertiary/aromatic N) is 2. The van der Waals surface area contributed by atoms with Gasteiger partial charge in [0.25, 0.3) is 5.91 Å². The van der Waals surface area contributed by atoms with Crippen molar-refractivity contribution < 1.29 is 14.3 Å². The molecule has 0 aliphatic heterocycles. The maximum absolute atomic E-state index is 12.3. The van der Waals surface area contributed by atoms with Gasteiger partial charge in [0.1, 0.15) is 0 Å². The Morgan fingerprint density at radius 2 is 1.81 bits per heavy atom. The summed E-state index contributed by atoms with van der Waals surface area (Å²) in [5, 5.41) is 7.43. The highest BCUT2D eigenvalue weighted by Gasteiger charge is 2.10. The van der Waals surface area contributed by atoms with Crippen LogP contribution in [-0.4, -0.2) is 36.5 Å². The number of methoxy groups -OCH3 is 2. The number of nitrogens with one attached hydrogen (secondary N) is 1. The van der Waals surface area contributed by atoms with E-state index < -0.39 is 0 Å². The summed E-state index contributed by atoms with van der Waals surface area (Å²) in [5.41, 5.74) is 2.45. The zero-order chi connectivity index (χ0) is 18.4. The Kier molecular flexibility index (Phi) is 5.53. The predicted octanol–water partition coefficient (Wildman–Crippen LogP) is 2.86. The van der Waals surface area contributed by atoms with Gasteiger partial charge in [0.15, 0.2) is 11.5 Å². The SMILES string of the molecule is COc1ccc(C(=O)NCCc2ccn(-c3ccccc3)n2)cc1OC. The maximum Gasteiger partial charge on any atom is 0.251 e. The van der Waals surface area contributed by atoms with Crippen LogP contribution in [0, 0.1) is 0 Å². The smallest absolute Gasteiger partial charge is 0.251 e. The molecule has 0 bridgehead atoms. The average Bonchev–Trinajstić information content (AvgIpc) is 3.17. The van der Waals surface area contributed by atoms with Crippen LogP contribution in [0.1, 0.15) is 16.1 Å². The third-order valence-electron chi connectivity index (χ3n) is 3.98. The molecule has 1 aromatic heterocycles. The molecule has 0 spiro atoms. The molecule has 3 rings (SSSR count). The van der Waals surface area contributed by atoms with Crippen LogP contribution in [0.5, 0.6) is 11.5 Å². The van der Waals surface area contributed by atoms with Gasteiger partial charge in [-0.15, -0.1) is 0 Å². The number of aromatic nitrogens is 2. The van der Waals surface area contributed by atoms with Crippen LogP contribution in [0.3, 0.4) is 0 Å². The van der Waals surface area contributed by atoms with Gasteiger partial charge in [0.05, 0.1) is 25.6 Å². The summed E-state index contributed by atoms with van der Waals surface area (Å²) in [6.45, 7) is 0.499. The Morgan fingerprint density at radius 1 is 1.04 bits per heavy atom. The summed E-state index contributed by atoms with van der Waals surface area (Å²) >= 11 is 0. The number of carbonyl (C=O) groups excluding carboxylic acids is 1. The Labute approximate surface area is 152 Å². The van der Waals surface area contributed by atoms with Crippen LogP contribution in [0.4, 0.5) is 0 Å². The minimum Gasteiger partial charge on any atom is -0.493 e. The van der Waals surface area contributed by atoms with Crippen LogP contribution in [-0.2, 0) is 6.42 Å². The number of para-hydroxylation sites is 1. The van der Waals surface area contributed by atoms with Crippen molar-refractivity contribution in [2.24, 2.45) is 0 Å². The second-order valence-corrected chi connectivity index (χ2v) is 5.66. The average molecular weight is 351 g/mol. The lowest BCUT2D eigenvalue weighted by Gasteiger charge is -2.09. The highest BCUT2D eigenvalue weighted by Crippen LogP contribution is 2.27. The molecule has 0 atom stereocenters. The minimum atomic E-state index is -0.159. The summed E-state index contributed by atoms with van der Waals surface area (Å²) in [4.78, 5) is 12.3. The predicted molar refractivity (Wildman–Crippen MR) is 99.1 cm³/mol. The van der Waals surface area contributed by atoms with Crippen molar-refractivity contribution in [2.75, 3.05) is 20.8 Å². The third kappa shape index (κ3) is 4.03. The van der Waals surface area contributed by atoms with Crippen molar-refractivity contribution in [1.29, 1.82) is 0 Å². The first-order valence-electron chi connectivity index (χ1n) is 8.31. The van der Waals surface area contributed by atoms with Crippen molar-refractivity contribution >= 4 is 5.91 Å². The molecule has 0 unspecified atom stereocenters. The number of hydrogen-bond acceptors (Lipinski definition) is 4. The summed E-state index contributed by atoms with van der Waals surface area (Å²) in [5.74, 6) is 0.964. The van der Waals surface area contributed by atoms with Crippen molar-refractivity contribution in [1.82, 2.24) is 15.1 Å². The van der Waals surface area contributed by atoms with Gasteiger partial charge in [0, 0.05) is 24.7 Å². The standard InChI is InChI=1S/C20H21N3O3/c1-25-18-9-8-15(14-19(18)26-2)20(24)21-12-10-16-11-13-23(22-16)17-6-4-3-5-7-17/h3-9,11,13-14H,10,12H2,1-2H3,(H,21,24). The molecular formula is C20H21N3O3. The highest BCUT2D eigenvalue weighted by atomic mass is 16.5. The van der Waals surface area contributed by atoms with E-state index in [0.29, 0.717) is 30.0 Å². The first kappa shape index (κ1) is 17.5. The topological polar surface area (TPSA) is 65.4 Å². The molecular weight excluding hydrogens is 330 g/mol. The normalized spacial score (nSPS) is 10.4. The molecule has 1 N–H and O–H groups in total. The lowest BCUT2D eigenvalue weighted by atomic mass is 10.2. The van der Waals surface area contributed by atoms with Crippen LogP contribution in [0.25, 0.3) is 5.69 Å². The van der Waals surface area contributed by atoms with E-state index in [4.69, 9.17) is 9.47 Å². The summed E-state index contributed by atoms with van der Waals surface area (Å²) in [7, 11) is 3.11. The van der Waals surface area contributed by atoms with E-state index in [1.165, 1.54) is 0 Å². The Morgan fingerprint density at radius 3 is 2.54 bits per heavy atom. The zero-order valence-electron chi connectivity index (χ0n) is 14.8. The van der Waals surface area contributed by atoms with Gasteiger partial charge in [0.2, 0.25) is 0 Å². The second-order valence-electron chi connectivity index (χ2n) is 5.66. The zero-order valence-corrected chi connectivity index (χ0v) is 14.8. The van der Waals surface area contributed by atoms with Gasteiger partial charge >= 0.3 is 0 Å². The Balaban J connectivity index is 1.57. The first-order chi connectivity index (χ1) is 12.7. The fourth-order valence-electron chi connectivity index (χ4n) is 2.60. The van der Waals surface area contributed by atoms with Gasteiger partial charge in [-0.1, -0.05) is 18.2 Å². The number of rotatable bonds is 7. The maximum atomic E-state index is 12.3. The molecule has 6 nitrogen and oxygen atoms in total. The third-order valence-corrected chi connectivity index (χ3v) is 3.98. The number of benzene rings is 2. The van der Waals surface area contributed by atoms with E-state index in [0.717, 1.165) is 11.4 Å². The number of amides is 1. The Bertz CT molecular complexity index is 875. The Hall–Kier alpha value is -3.28. The van der Waals surface area contributed by atoms with Crippen LogP contribution < -0.4 is 14.8 Å². The monoisotopic (exact) mass is 351 g/mol. The lowest BCUT2D eigenvalue weighted by Crippen LogP contribution is -2.25. The van der Waals surface area contributed by atoms with Crippen molar-refractivity contribution in [3.05, 3.63) is 72.1 Å². The minimum absolute atomic E-state index is 0.159.